The third-order valence-corrected chi connectivity index (χ3v) is 2.70. The first kappa shape index (κ1) is 11.8. The Morgan fingerprint density at radius 1 is 1.20 bits per heavy atom. The molecule has 0 atom stereocenters. The Balaban J connectivity index is 2.29. The number of primary sulfonamides is 1. The van der Waals surface area contributed by atoms with Crippen molar-refractivity contribution < 1.29 is 8.42 Å². The van der Waals surface area contributed by atoms with Crippen molar-refractivity contribution in [1.29, 1.82) is 0 Å². The Kier molecular flexibility index (Phi) is 3.93. The predicted molar refractivity (Wildman–Crippen MR) is 61.9 cm³/mol. The zero-order valence-electron chi connectivity index (χ0n) is 8.31. The van der Waals surface area contributed by atoms with Gasteiger partial charge in [-0.25, -0.2) is 13.6 Å². The highest BCUT2D eigenvalue weighted by Gasteiger charge is 2.01. The molecular weight excluding hydrogens is 214 g/mol. The molecule has 0 aliphatic heterocycles. The van der Waals surface area contributed by atoms with E-state index >= 15 is 0 Å². The molecule has 0 aromatic heterocycles. The minimum atomic E-state index is -3.35. The molecule has 0 heterocycles. The molecule has 0 amide bonds. The summed E-state index contributed by atoms with van der Waals surface area (Å²) in [6.45, 7) is 0.570. The van der Waals surface area contributed by atoms with E-state index in [1.165, 1.54) is 0 Å². The molecule has 0 aliphatic rings. The van der Waals surface area contributed by atoms with E-state index < -0.39 is 10.0 Å². The van der Waals surface area contributed by atoms with Crippen LogP contribution in [0.2, 0.25) is 0 Å². The van der Waals surface area contributed by atoms with E-state index in [0.29, 0.717) is 18.7 Å². The number of nitrogens with two attached hydrogens (primary N) is 2. The molecule has 5 N–H and O–H groups in total. The van der Waals surface area contributed by atoms with E-state index in [9.17, 15) is 8.42 Å². The first-order valence-corrected chi connectivity index (χ1v) is 6.29. The van der Waals surface area contributed by atoms with Gasteiger partial charge in [-0.05, 0) is 30.7 Å². The van der Waals surface area contributed by atoms with Gasteiger partial charge < -0.3 is 11.1 Å². The summed E-state index contributed by atoms with van der Waals surface area (Å²) >= 11 is 0. The second-order valence-corrected chi connectivity index (χ2v) is 5.00. The molecule has 0 bridgehead atoms. The zero-order chi connectivity index (χ0) is 11.3. The van der Waals surface area contributed by atoms with Crippen LogP contribution in [0.5, 0.6) is 0 Å². The molecule has 1 rings (SSSR count). The summed E-state index contributed by atoms with van der Waals surface area (Å²) in [6.07, 6.45) is 0.489. The van der Waals surface area contributed by atoms with Crippen LogP contribution in [0.4, 0.5) is 11.4 Å². The molecule has 0 fully saturated rings. The maximum atomic E-state index is 10.6. The number of anilines is 2. The van der Waals surface area contributed by atoms with E-state index in [0.717, 1.165) is 5.69 Å². The van der Waals surface area contributed by atoms with Crippen LogP contribution in [-0.4, -0.2) is 20.7 Å². The van der Waals surface area contributed by atoms with E-state index in [1.54, 1.807) is 12.1 Å². The lowest BCUT2D eigenvalue weighted by Gasteiger charge is -2.05. The Labute approximate surface area is 89.5 Å². The third kappa shape index (κ3) is 5.24. The number of benzene rings is 1. The van der Waals surface area contributed by atoms with Gasteiger partial charge in [0.1, 0.15) is 0 Å². The molecule has 6 heteroatoms. The number of sulfonamides is 1. The Hall–Kier alpha value is -1.27. The zero-order valence-corrected chi connectivity index (χ0v) is 9.13. The standard InChI is InChI=1S/C9H15N3O2S/c10-8-2-4-9(5-3-8)12-6-1-7-15(11,13)14/h2-5,12H,1,6-7,10H2,(H2,11,13,14). The van der Waals surface area contributed by atoms with Crippen LogP contribution < -0.4 is 16.2 Å². The van der Waals surface area contributed by atoms with Crippen LogP contribution in [0.3, 0.4) is 0 Å². The van der Waals surface area contributed by atoms with Crippen molar-refractivity contribution in [2.45, 2.75) is 6.42 Å². The van der Waals surface area contributed by atoms with Crippen molar-refractivity contribution in [3.8, 4) is 0 Å². The van der Waals surface area contributed by atoms with Crippen molar-refractivity contribution >= 4 is 21.4 Å². The van der Waals surface area contributed by atoms with E-state index in [-0.39, 0.29) is 5.75 Å². The fourth-order valence-electron chi connectivity index (χ4n) is 1.11. The highest BCUT2D eigenvalue weighted by molar-refractivity contribution is 7.89. The summed E-state index contributed by atoms with van der Waals surface area (Å²) in [5.41, 5.74) is 7.13. The summed E-state index contributed by atoms with van der Waals surface area (Å²) in [7, 11) is -3.35. The van der Waals surface area contributed by atoms with Gasteiger partial charge in [-0.2, -0.15) is 0 Å². The molecule has 0 radical (unpaired) electrons. The number of nitrogen functional groups attached to an aromatic ring is 1. The van der Waals surface area contributed by atoms with Crippen molar-refractivity contribution in [3.63, 3.8) is 0 Å². The lowest BCUT2D eigenvalue weighted by molar-refractivity contribution is 0.596. The minimum Gasteiger partial charge on any atom is -0.399 e. The summed E-state index contributed by atoms with van der Waals surface area (Å²) in [5, 5.41) is 7.93. The van der Waals surface area contributed by atoms with Gasteiger partial charge in [0.25, 0.3) is 0 Å². The second-order valence-electron chi connectivity index (χ2n) is 3.27. The summed E-state index contributed by atoms with van der Waals surface area (Å²) < 4.78 is 21.2. The van der Waals surface area contributed by atoms with Crippen molar-refractivity contribution in [3.05, 3.63) is 24.3 Å². The minimum absolute atomic E-state index is 0.00499. The van der Waals surface area contributed by atoms with Gasteiger partial charge in [-0.15, -0.1) is 0 Å². The average molecular weight is 229 g/mol. The summed E-state index contributed by atoms with van der Waals surface area (Å²) in [6, 6.07) is 7.24. The fourth-order valence-corrected chi connectivity index (χ4v) is 1.65. The SMILES string of the molecule is Nc1ccc(NCCCS(N)(=O)=O)cc1. The molecule has 5 nitrogen and oxygen atoms in total. The number of hydrogen-bond donors (Lipinski definition) is 3. The Bertz CT molecular complexity index is 400. The predicted octanol–water partition coefficient (Wildman–Crippen LogP) is 0.359. The normalized spacial score (nSPS) is 11.3. The smallest absolute Gasteiger partial charge is 0.209 e. The fraction of sp³-hybridized carbons (Fsp3) is 0.333. The molecule has 0 aliphatic carbocycles. The summed E-state index contributed by atoms with van der Waals surface area (Å²) in [4.78, 5) is 0. The van der Waals surface area contributed by atoms with Crippen LogP contribution in [0.1, 0.15) is 6.42 Å². The van der Waals surface area contributed by atoms with Gasteiger partial charge in [0, 0.05) is 17.9 Å². The van der Waals surface area contributed by atoms with E-state index in [4.69, 9.17) is 10.9 Å². The van der Waals surface area contributed by atoms with Crippen LogP contribution in [-0.2, 0) is 10.0 Å². The van der Waals surface area contributed by atoms with Crippen LogP contribution in [0, 0.1) is 0 Å². The summed E-state index contributed by atoms with van der Waals surface area (Å²) in [5.74, 6) is -0.00499. The average Bonchev–Trinajstić information content (AvgIpc) is 2.14. The van der Waals surface area contributed by atoms with Crippen LogP contribution in [0.15, 0.2) is 24.3 Å². The Morgan fingerprint density at radius 3 is 2.33 bits per heavy atom. The molecule has 0 saturated heterocycles. The highest BCUT2D eigenvalue weighted by Crippen LogP contribution is 2.10. The largest absolute Gasteiger partial charge is 0.399 e. The maximum absolute atomic E-state index is 10.6. The lowest BCUT2D eigenvalue weighted by Crippen LogP contribution is -2.18. The van der Waals surface area contributed by atoms with Gasteiger partial charge in [-0.3, -0.25) is 0 Å². The third-order valence-electron chi connectivity index (χ3n) is 1.85. The van der Waals surface area contributed by atoms with Crippen molar-refractivity contribution in [2.24, 2.45) is 5.14 Å². The van der Waals surface area contributed by atoms with E-state index in [2.05, 4.69) is 5.32 Å². The molecule has 0 spiro atoms. The quantitative estimate of drug-likeness (QED) is 0.501. The van der Waals surface area contributed by atoms with Gasteiger partial charge in [0.05, 0.1) is 5.75 Å². The molecular formula is C9H15N3O2S. The molecule has 15 heavy (non-hydrogen) atoms. The Morgan fingerprint density at radius 2 is 1.80 bits per heavy atom. The van der Waals surface area contributed by atoms with Gasteiger partial charge in [-0.1, -0.05) is 0 Å². The number of nitrogens with one attached hydrogen (secondary N) is 1. The second kappa shape index (κ2) is 4.99. The number of rotatable bonds is 5. The van der Waals surface area contributed by atoms with Gasteiger partial charge >= 0.3 is 0 Å². The van der Waals surface area contributed by atoms with Crippen molar-refractivity contribution in [1.82, 2.24) is 0 Å². The molecule has 1 aromatic rings. The molecule has 84 valence electrons. The van der Waals surface area contributed by atoms with Gasteiger partial charge in [0.2, 0.25) is 10.0 Å². The van der Waals surface area contributed by atoms with Crippen LogP contribution >= 0.6 is 0 Å². The van der Waals surface area contributed by atoms with Gasteiger partial charge in [0.15, 0.2) is 0 Å². The van der Waals surface area contributed by atoms with E-state index in [1.807, 2.05) is 12.1 Å². The lowest BCUT2D eigenvalue weighted by atomic mass is 10.3. The molecule has 0 saturated carbocycles. The van der Waals surface area contributed by atoms with Crippen LogP contribution in [0.25, 0.3) is 0 Å². The monoisotopic (exact) mass is 229 g/mol. The van der Waals surface area contributed by atoms with Crippen molar-refractivity contribution in [2.75, 3.05) is 23.3 Å². The molecule has 1 aromatic carbocycles. The maximum Gasteiger partial charge on any atom is 0.209 e. The number of hydrogen-bond acceptors (Lipinski definition) is 4. The first-order valence-electron chi connectivity index (χ1n) is 4.57. The first-order chi connectivity index (χ1) is 6.97. The molecule has 0 unspecified atom stereocenters. The topological polar surface area (TPSA) is 98.2 Å². The highest BCUT2D eigenvalue weighted by atomic mass is 32.2.